The zero-order chi connectivity index (χ0) is 19.2. The number of nitro groups is 1. The van der Waals surface area contributed by atoms with Crippen LogP contribution in [0.25, 0.3) is 0 Å². The fourth-order valence-corrected chi connectivity index (χ4v) is 3.43. The number of halogens is 1. The summed E-state index contributed by atoms with van der Waals surface area (Å²) in [6.45, 7) is 1.93. The molecule has 142 valence electrons. The van der Waals surface area contributed by atoms with E-state index in [1.807, 2.05) is 6.07 Å². The standard InChI is InChI=1S/C17H18FN5O3S/c18-13-5-4-12(8-14(13)23(25)26)21-16(24)10-27-17-9-15(19-11-20-17)22-6-2-1-3-7-22/h4-5,8-9,11H,1-3,6-7,10H2,(H,21,24). The molecule has 1 aliphatic heterocycles. The van der Waals surface area contributed by atoms with Gasteiger partial charge in [0.05, 0.1) is 10.7 Å². The molecular weight excluding hydrogens is 373 g/mol. The fraction of sp³-hybridized carbons (Fsp3) is 0.353. The van der Waals surface area contributed by atoms with Crippen LogP contribution >= 0.6 is 11.8 Å². The van der Waals surface area contributed by atoms with Crippen LogP contribution in [0, 0.1) is 15.9 Å². The third-order valence-corrected chi connectivity index (χ3v) is 5.01. The Morgan fingerprint density at radius 1 is 1.26 bits per heavy atom. The van der Waals surface area contributed by atoms with E-state index in [9.17, 15) is 19.3 Å². The van der Waals surface area contributed by atoms with Crippen LogP contribution in [0.1, 0.15) is 19.3 Å². The number of carbonyl (C=O) groups excluding carboxylic acids is 1. The molecule has 27 heavy (non-hydrogen) atoms. The highest BCUT2D eigenvalue weighted by Crippen LogP contribution is 2.24. The molecule has 0 unspecified atom stereocenters. The smallest absolute Gasteiger partial charge is 0.306 e. The first-order chi connectivity index (χ1) is 13.0. The number of benzene rings is 1. The third-order valence-electron chi connectivity index (χ3n) is 4.09. The molecule has 10 heteroatoms. The Balaban J connectivity index is 1.58. The SMILES string of the molecule is O=C(CSc1cc(N2CCCCC2)ncn1)Nc1ccc(F)c([N+](=O)[O-])c1. The van der Waals surface area contributed by atoms with Crippen molar-refractivity contribution in [2.75, 3.05) is 29.1 Å². The van der Waals surface area contributed by atoms with E-state index >= 15 is 0 Å². The van der Waals surface area contributed by atoms with Gasteiger partial charge in [0.15, 0.2) is 0 Å². The summed E-state index contributed by atoms with van der Waals surface area (Å²) in [6.07, 6.45) is 4.98. The number of rotatable bonds is 6. The number of anilines is 2. The van der Waals surface area contributed by atoms with Gasteiger partial charge in [0.1, 0.15) is 17.2 Å². The lowest BCUT2D eigenvalue weighted by Gasteiger charge is -2.27. The third kappa shape index (κ3) is 5.13. The maximum Gasteiger partial charge on any atom is 0.306 e. The van der Waals surface area contributed by atoms with E-state index in [-0.39, 0.29) is 17.3 Å². The molecule has 1 amide bonds. The second-order valence-electron chi connectivity index (χ2n) is 6.02. The van der Waals surface area contributed by atoms with E-state index in [0.717, 1.165) is 43.9 Å². The van der Waals surface area contributed by atoms with E-state index in [4.69, 9.17) is 0 Å². The average Bonchev–Trinajstić information content (AvgIpc) is 2.68. The Hall–Kier alpha value is -2.75. The average molecular weight is 391 g/mol. The van der Waals surface area contributed by atoms with Gasteiger partial charge in [-0.3, -0.25) is 14.9 Å². The zero-order valence-corrected chi connectivity index (χ0v) is 15.2. The second kappa shape index (κ2) is 8.76. The molecule has 0 aliphatic carbocycles. The molecule has 1 fully saturated rings. The van der Waals surface area contributed by atoms with Crippen LogP contribution in [-0.2, 0) is 4.79 Å². The van der Waals surface area contributed by atoms with Crippen LogP contribution in [0.15, 0.2) is 35.6 Å². The summed E-state index contributed by atoms with van der Waals surface area (Å²) in [4.78, 5) is 32.7. The van der Waals surface area contributed by atoms with E-state index in [2.05, 4.69) is 20.2 Å². The topological polar surface area (TPSA) is 101 Å². The summed E-state index contributed by atoms with van der Waals surface area (Å²) < 4.78 is 13.3. The first kappa shape index (κ1) is 19.0. The predicted molar refractivity (Wildman–Crippen MR) is 101 cm³/mol. The van der Waals surface area contributed by atoms with Gasteiger partial charge in [-0.2, -0.15) is 4.39 Å². The van der Waals surface area contributed by atoms with Crippen molar-refractivity contribution in [2.24, 2.45) is 0 Å². The largest absolute Gasteiger partial charge is 0.356 e. The Morgan fingerprint density at radius 3 is 2.78 bits per heavy atom. The van der Waals surface area contributed by atoms with E-state index in [1.165, 1.54) is 30.6 Å². The zero-order valence-electron chi connectivity index (χ0n) is 14.4. The molecule has 3 rings (SSSR count). The number of hydrogen-bond donors (Lipinski definition) is 1. The minimum atomic E-state index is -0.946. The number of aromatic nitrogens is 2. The van der Waals surface area contributed by atoms with Crippen molar-refractivity contribution in [2.45, 2.75) is 24.3 Å². The number of nitrogens with one attached hydrogen (secondary N) is 1. The summed E-state index contributed by atoms with van der Waals surface area (Å²) in [5.74, 6) is -0.388. The predicted octanol–water partition coefficient (Wildman–Crippen LogP) is 3.25. The molecular formula is C17H18FN5O3S. The molecule has 0 radical (unpaired) electrons. The Labute approximate surface area is 159 Å². The molecule has 1 aliphatic rings. The summed E-state index contributed by atoms with van der Waals surface area (Å²) >= 11 is 1.24. The normalized spacial score (nSPS) is 14.0. The van der Waals surface area contributed by atoms with Crippen LogP contribution in [-0.4, -0.2) is 39.6 Å². The number of carbonyl (C=O) groups is 1. The molecule has 2 aromatic rings. The number of nitro benzene ring substituents is 1. The summed E-state index contributed by atoms with van der Waals surface area (Å²) in [6, 6.07) is 5.09. The molecule has 0 spiro atoms. The number of hydrogen-bond acceptors (Lipinski definition) is 7. The van der Waals surface area contributed by atoms with Gasteiger partial charge in [0, 0.05) is 30.9 Å². The van der Waals surface area contributed by atoms with Crippen LogP contribution in [0.4, 0.5) is 21.6 Å². The number of piperidine rings is 1. The molecule has 2 heterocycles. The highest BCUT2D eigenvalue weighted by Gasteiger charge is 2.16. The molecule has 0 saturated carbocycles. The fourth-order valence-electron chi connectivity index (χ4n) is 2.77. The number of amides is 1. The maximum atomic E-state index is 13.3. The van der Waals surface area contributed by atoms with Gasteiger partial charge in [-0.15, -0.1) is 0 Å². The number of thioether (sulfide) groups is 1. The second-order valence-corrected chi connectivity index (χ2v) is 7.02. The molecule has 8 nitrogen and oxygen atoms in total. The Kier molecular flexibility index (Phi) is 6.17. The van der Waals surface area contributed by atoms with Crippen molar-refractivity contribution in [1.82, 2.24) is 9.97 Å². The summed E-state index contributed by atoms with van der Waals surface area (Å²) in [5, 5.41) is 14.0. The first-order valence-corrected chi connectivity index (χ1v) is 9.45. The quantitative estimate of drug-likeness (QED) is 0.349. The minimum absolute atomic E-state index is 0.0711. The van der Waals surface area contributed by atoms with Gasteiger partial charge >= 0.3 is 5.69 Å². The van der Waals surface area contributed by atoms with Crippen molar-refractivity contribution in [3.63, 3.8) is 0 Å². The van der Waals surface area contributed by atoms with Crippen LogP contribution in [0.2, 0.25) is 0 Å². The van der Waals surface area contributed by atoms with Gasteiger partial charge in [-0.1, -0.05) is 11.8 Å². The van der Waals surface area contributed by atoms with Gasteiger partial charge in [-0.05, 0) is 31.4 Å². The monoisotopic (exact) mass is 391 g/mol. The molecule has 1 N–H and O–H groups in total. The minimum Gasteiger partial charge on any atom is -0.356 e. The molecule has 1 saturated heterocycles. The van der Waals surface area contributed by atoms with Crippen molar-refractivity contribution >= 4 is 34.9 Å². The summed E-state index contributed by atoms with van der Waals surface area (Å²) in [7, 11) is 0. The van der Waals surface area contributed by atoms with Crippen molar-refractivity contribution in [3.05, 3.63) is 46.5 Å². The maximum absolute atomic E-state index is 13.3. The van der Waals surface area contributed by atoms with E-state index in [1.54, 1.807) is 0 Å². The van der Waals surface area contributed by atoms with Crippen molar-refractivity contribution in [3.8, 4) is 0 Å². The van der Waals surface area contributed by atoms with Crippen molar-refractivity contribution in [1.29, 1.82) is 0 Å². The Bertz CT molecular complexity index is 845. The summed E-state index contributed by atoms with van der Waals surface area (Å²) in [5.41, 5.74) is -0.507. The lowest BCUT2D eigenvalue weighted by atomic mass is 10.1. The van der Waals surface area contributed by atoms with Gasteiger partial charge in [-0.25, -0.2) is 9.97 Å². The van der Waals surface area contributed by atoms with Crippen LogP contribution < -0.4 is 10.2 Å². The molecule has 1 aromatic carbocycles. The van der Waals surface area contributed by atoms with E-state index < -0.39 is 16.4 Å². The highest BCUT2D eigenvalue weighted by molar-refractivity contribution is 7.99. The van der Waals surface area contributed by atoms with Gasteiger partial charge < -0.3 is 10.2 Å². The van der Waals surface area contributed by atoms with Gasteiger partial charge in [0.25, 0.3) is 0 Å². The van der Waals surface area contributed by atoms with Crippen molar-refractivity contribution < 1.29 is 14.1 Å². The molecule has 0 bridgehead atoms. The molecule has 1 aromatic heterocycles. The number of nitrogens with zero attached hydrogens (tertiary/aromatic N) is 4. The lowest BCUT2D eigenvalue weighted by molar-refractivity contribution is -0.387. The highest BCUT2D eigenvalue weighted by atomic mass is 32.2. The van der Waals surface area contributed by atoms with E-state index in [0.29, 0.717) is 5.03 Å². The van der Waals surface area contributed by atoms with Gasteiger partial charge in [0.2, 0.25) is 11.7 Å². The Morgan fingerprint density at radius 2 is 2.04 bits per heavy atom. The lowest BCUT2D eigenvalue weighted by Crippen LogP contribution is -2.30. The molecule has 0 atom stereocenters. The first-order valence-electron chi connectivity index (χ1n) is 8.46. The van der Waals surface area contributed by atoms with Crippen LogP contribution in [0.5, 0.6) is 0 Å². The van der Waals surface area contributed by atoms with Crippen LogP contribution in [0.3, 0.4) is 0 Å².